The number of benzene rings is 2. The molecule has 2 atom stereocenters. The molecule has 6 aromatic rings. The molecule has 0 spiro atoms. The van der Waals surface area contributed by atoms with Crippen molar-refractivity contribution in [1.29, 1.82) is 0 Å². The number of aromatic nitrogens is 5. The van der Waals surface area contributed by atoms with Gasteiger partial charge in [0.1, 0.15) is 28.5 Å². The van der Waals surface area contributed by atoms with Gasteiger partial charge < -0.3 is 35.3 Å². The SMILES string of the molecule is CC(C)(C)C1CC(n2cc(-c3cnc(N)c(-c4ccc(NC(=O)c5cn(CC6CCOCC6)c6c(=O)[nH]c7cc(F)ccc7c6c5=O)cc4F)c3)cn2)CCN1C(=O)O. The molecule has 0 saturated carbocycles. The molecule has 0 radical (unpaired) electrons. The second kappa shape index (κ2) is 15.4. The molecule has 5 N–H and O–H groups in total. The van der Waals surface area contributed by atoms with Gasteiger partial charge in [-0.2, -0.15) is 5.10 Å². The van der Waals surface area contributed by atoms with Crippen molar-refractivity contribution in [2.24, 2.45) is 11.3 Å². The zero-order chi connectivity index (χ0) is 41.7. The number of aromatic amines is 1. The Morgan fingerprint density at radius 2 is 1.78 bits per heavy atom. The molecule has 8 rings (SSSR count). The van der Waals surface area contributed by atoms with Gasteiger partial charge >= 0.3 is 6.09 Å². The molecule has 4 aromatic heterocycles. The summed E-state index contributed by atoms with van der Waals surface area (Å²) in [7, 11) is 0. The molecular formula is C43H44F2N8O6. The van der Waals surface area contributed by atoms with E-state index in [2.05, 4.69) is 20.4 Å². The Hall–Kier alpha value is -6.42. The van der Waals surface area contributed by atoms with Crippen molar-refractivity contribution in [2.45, 2.75) is 65.1 Å². The number of nitrogens with two attached hydrogens (primary N) is 1. The molecular weight excluding hydrogens is 763 g/mol. The largest absolute Gasteiger partial charge is 0.465 e. The lowest BCUT2D eigenvalue weighted by Gasteiger charge is -2.44. The molecule has 2 fully saturated rings. The summed E-state index contributed by atoms with van der Waals surface area (Å²) in [6, 6.07) is 9.25. The number of ether oxygens (including phenoxy) is 1. The van der Waals surface area contributed by atoms with Crippen LogP contribution in [0, 0.1) is 23.0 Å². The normalized spacial score (nSPS) is 17.7. The van der Waals surface area contributed by atoms with Crippen molar-refractivity contribution in [1.82, 2.24) is 29.2 Å². The number of amides is 2. The Bertz CT molecular complexity index is 2750. The fraction of sp³-hybridized carbons (Fsp3) is 0.349. The highest BCUT2D eigenvalue weighted by atomic mass is 19.1. The van der Waals surface area contributed by atoms with E-state index in [-0.39, 0.29) is 67.9 Å². The van der Waals surface area contributed by atoms with Gasteiger partial charge in [0, 0.05) is 84.3 Å². The average molecular weight is 807 g/mol. The number of nitrogen functional groups attached to an aromatic ring is 1. The van der Waals surface area contributed by atoms with Crippen LogP contribution in [0.1, 0.15) is 62.9 Å². The van der Waals surface area contributed by atoms with Crippen LogP contribution in [0.25, 0.3) is 44.1 Å². The summed E-state index contributed by atoms with van der Waals surface area (Å²) in [6.07, 6.45) is 8.19. The van der Waals surface area contributed by atoms with Crippen LogP contribution >= 0.6 is 0 Å². The van der Waals surface area contributed by atoms with Crippen LogP contribution in [0.5, 0.6) is 0 Å². The summed E-state index contributed by atoms with van der Waals surface area (Å²) in [4.78, 5) is 61.8. The molecule has 59 heavy (non-hydrogen) atoms. The Labute approximate surface area is 336 Å². The molecule has 306 valence electrons. The van der Waals surface area contributed by atoms with Crippen LogP contribution < -0.4 is 22.0 Å². The lowest BCUT2D eigenvalue weighted by molar-refractivity contribution is 0.0408. The Morgan fingerprint density at radius 3 is 2.51 bits per heavy atom. The number of fused-ring (bicyclic) bond motifs is 3. The third kappa shape index (κ3) is 7.67. The van der Waals surface area contributed by atoms with Crippen LogP contribution in [0.2, 0.25) is 0 Å². The van der Waals surface area contributed by atoms with Crippen LogP contribution in [-0.4, -0.2) is 72.1 Å². The van der Waals surface area contributed by atoms with Crippen molar-refractivity contribution in [3.63, 3.8) is 0 Å². The molecule has 2 aliphatic heterocycles. The number of piperidine rings is 1. The lowest BCUT2D eigenvalue weighted by atomic mass is 9.79. The smallest absolute Gasteiger partial charge is 0.407 e. The summed E-state index contributed by atoms with van der Waals surface area (Å²) in [5.41, 5.74) is 6.46. The molecule has 2 aliphatic rings. The van der Waals surface area contributed by atoms with Gasteiger partial charge in [-0.1, -0.05) is 20.8 Å². The van der Waals surface area contributed by atoms with Gasteiger partial charge in [-0.05, 0) is 79.5 Å². The van der Waals surface area contributed by atoms with E-state index < -0.39 is 34.6 Å². The zero-order valence-corrected chi connectivity index (χ0v) is 32.8. The number of carboxylic acid groups (broad SMARTS) is 1. The summed E-state index contributed by atoms with van der Waals surface area (Å²) >= 11 is 0. The first kappa shape index (κ1) is 39.4. The number of rotatable bonds is 7. The number of carbonyl (C=O) groups is 2. The first-order chi connectivity index (χ1) is 28.2. The molecule has 2 aromatic carbocycles. The Kier molecular flexibility index (Phi) is 10.3. The number of anilines is 2. The maximum absolute atomic E-state index is 16.0. The Morgan fingerprint density at radius 1 is 1.00 bits per heavy atom. The zero-order valence-electron chi connectivity index (χ0n) is 32.8. The molecule has 2 saturated heterocycles. The highest BCUT2D eigenvalue weighted by molar-refractivity contribution is 6.10. The average Bonchev–Trinajstić information content (AvgIpc) is 3.69. The van der Waals surface area contributed by atoms with E-state index in [1.54, 1.807) is 23.0 Å². The molecule has 0 bridgehead atoms. The molecule has 16 heteroatoms. The fourth-order valence-electron chi connectivity index (χ4n) is 8.47. The third-order valence-corrected chi connectivity index (χ3v) is 11.6. The quantitative estimate of drug-likeness (QED) is 0.123. The summed E-state index contributed by atoms with van der Waals surface area (Å²) in [5, 5.41) is 17.3. The van der Waals surface area contributed by atoms with E-state index in [0.29, 0.717) is 55.8 Å². The molecule has 14 nitrogen and oxygen atoms in total. The number of hydrogen-bond donors (Lipinski definition) is 4. The maximum Gasteiger partial charge on any atom is 0.407 e. The third-order valence-electron chi connectivity index (χ3n) is 11.6. The van der Waals surface area contributed by atoms with E-state index in [0.717, 1.165) is 25.0 Å². The minimum absolute atomic E-state index is 0.0175. The number of H-pyrrole nitrogens is 1. The van der Waals surface area contributed by atoms with Crippen LogP contribution in [0.15, 0.2) is 76.8 Å². The molecule has 2 amide bonds. The van der Waals surface area contributed by atoms with Crippen LogP contribution in [-0.2, 0) is 11.3 Å². The van der Waals surface area contributed by atoms with E-state index in [9.17, 15) is 28.7 Å². The number of hydrogen-bond acceptors (Lipinski definition) is 8. The highest BCUT2D eigenvalue weighted by Crippen LogP contribution is 2.38. The maximum atomic E-state index is 16.0. The lowest BCUT2D eigenvalue weighted by Crippen LogP contribution is -2.51. The predicted octanol–water partition coefficient (Wildman–Crippen LogP) is 7.04. The van der Waals surface area contributed by atoms with E-state index in [4.69, 9.17) is 10.5 Å². The number of nitrogens with one attached hydrogen (secondary N) is 2. The van der Waals surface area contributed by atoms with Gasteiger partial charge in [0.05, 0.1) is 23.1 Å². The van der Waals surface area contributed by atoms with E-state index in [1.165, 1.54) is 35.4 Å². The van der Waals surface area contributed by atoms with Crippen molar-refractivity contribution >= 4 is 45.3 Å². The minimum atomic E-state index is -0.934. The Balaban J connectivity index is 1.07. The van der Waals surface area contributed by atoms with Crippen molar-refractivity contribution in [3.8, 4) is 22.3 Å². The molecule has 0 aliphatic carbocycles. The van der Waals surface area contributed by atoms with Crippen LogP contribution in [0.4, 0.5) is 25.1 Å². The fourth-order valence-corrected chi connectivity index (χ4v) is 8.47. The summed E-state index contributed by atoms with van der Waals surface area (Å²) < 4.78 is 39.1. The predicted molar refractivity (Wildman–Crippen MR) is 219 cm³/mol. The topological polar surface area (TPSA) is 190 Å². The van der Waals surface area contributed by atoms with Crippen LogP contribution in [0.3, 0.4) is 0 Å². The van der Waals surface area contributed by atoms with Crippen molar-refractivity contribution in [2.75, 3.05) is 30.8 Å². The van der Waals surface area contributed by atoms with Gasteiger partial charge in [-0.3, -0.25) is 19.1 Å². The van der Waals surface area contributed by atoms with E-state index in [1.807, 2.05) is 31.6 Å². The second-order valence-corrected chi connectivity index (χ2v) is 16.5. The number of pyridine rings is 3. The van der Waals surface area contributed by atoms with Crippen molar-refractivity contribution in [3.05, 3.63) is 105 Å². The number of halogens is 2. The second-order valence-electron chi connectivity index (χ2n) is 16.5. The summed E-state index contributed by atoms with van der Waals surface area (Å²) in [5.74, 6) is -1.94. The standard InChI is InChI=1S/C43H44F2N8O6/c1-43(2,3)35-17-28(8-11-52(35)42(57)58)53-21-25(19-48-53)24-14-31(39(46)47-18-24)29-7-5-27(16-33(29)45)49-40(55)32-22-51(20-23-9-12-59-13-10-23)37-36(38(32)54)30-6-4-26(44)15-34(30)50-41(37)56/h4-7,14-16,18-19,21-23,28,35H,8-13,17,20H2,1-3H3,(H2,46,47)(H,49,55)(H,50,56)(H,57,58). The minimum Gasteiger partial charge on any atom is -0.465 e. The number of carbonyl (C=O) groups excluding carboxylic acids is 1. The van der Waals surface area contributed by atoms with Gasteiger partial charge in [0.15, 0.2) is 0 Å². The van der Waals surface area contributed by atoms with E-state index >= 15 is 4.39 Å². The molecule has 2 unspecified atom stereocenters. The highest BCUT2D eigenvalue weighted by Gasteiger charge is 2.39. The molecule has 6 heterocycles. The first-order valence-corrected chi connectivity index (χ1v) is 19.5. The summed E-state index contributed by atoms with van der Waals surface area (Å²) in [6.45, 7) is 7.89. The number of likely N-dealkylation sites (tertiary alicyclic amines) is 1. The van der Waals surface area contributed by atoms with Gasteiger partial charge in [-0.15, -0.1) is 0 Å². The number of nitrogens with zero attached hydrogens (tertiary/aromatic N) is 5. The van der Waals surface area contributed by atoms with Gasteiger partial charge in [0.25, 0.3) is 11.5 Å². The first-order valence-electron chi connectivity index (χ1n) is 19.5. The van der Waals surface area contributed by atoms with Crippen molar-refractivity contribution < 1.29 is 28.2 Å². The van der Waals surface area contributed by atoms with Gasteiger partial charge in [-0.25, -0.2) is 18.6 Å². The van der Waals surface area contributed by atoms with Gasteiger partial charge in [0.2, 0.25) is 5.43 Å². The monoisotopic (exact) mass is 806 g/mol.